The van der Waals surface area contributed by atoms with Crippen LogP contribution >= 0.6 is 0 Å². The van der Waals surface area contributed by atoms with Gasteiger partial charge < -0.3 is 0 Å². The molecule has 0 aromatic carbocycles. The fourth-order valence-electron chi connectivity index (χ4n) is 2.02. The highest BCUT2D eigenvalue weighted by Gasteiger charge is 2.23. The second kappa shape index (κ2) is 5.15. The van der Waals surface area contributed by atoms with Crippen LogP contribution in [0.4, 0.5) is 0 Å². The van der Waals surface area contributed by atoms with Gasteiger partial charge in [-0.15, -0.1) is 0 Å². The zero-order valence-corrected chi connectivity index (χ0v) is 10.2. The second-order valence-electron chi connectivity index (χ2n) is 4.87. The number of nitrogens with one attached hydrogen (secondary N) is 1. The molecular weight excluding hydrogens is 194 g/mol. The highest BCUT2D eigenvalue weighted by molar-refractivity contribution is 7.93. The van der Waals surface area contributed by atoms with Gasteiger partial charge in [0.15, 0.2) is 0 Å². The van der Waals surface area contributed by atoms with Crippen LogP contribution in [0.15, 0.2) is 0 Å². The summed E-state index contributed by atoms with van der Waals surface area (Å²) in [5, 5.41) is 0.204. The topological polar surface area (TPSA) is 40.9 Å². The fraction of sp³-hybridized carbons (Fsp3) is 1.00. The van der Waals surface area contributed by atoms with Crippen LogP contribution < -0.4 is 0 Å². The molecule has 3 heteroatoms. The van der Waals surface area contributed by atoms with Crippen LogP contribution in [0.5, 0.6) is 0 Å². The Morgan fingerprint density at radius 1 is 1.29 bits per heavy atom. The monoisotopic (exact) mass is 217 g/mol. The normalized spacial score (nSPS) is 23.6. The molecular formula is C11H23NOS. The lowest BCUT2D eigenvalue weighted by Crippen LogP contribution is -2.25. The molecule has 1 atom stereocenters. The SMILES string of the molecule is CC(C)CC[S@@](=N)(=O)C1CCCCC1. The molecule has 0 aliphatic heterocycles. The quantitative estimate of drug-likeness (QED) is 0.770. The Balaban J connectivity index is 2.46. The molecule has 0 heterocycles. The number of rotatable bonds is 4. The largest absolute Gasteiger partial charge is 0.253 e. The van der Waals surface area contributed by atoms with Crippen LogP contribution in [0.25, 0.3) is 0 Å². The first-order chi connectivity index (χ1) is 6.52. The van der Waals surface area contributed by atoms with Gasteiger partial charge in [0.05, 0.1) is 0 Å². The summed E-state index contributed by atoms with van der Waals surface area (Å²) >= 11 is 0. The maximum absolute atomic E-state index is 12.1. The molecule has 0 aromatic heterocycles. The van der Waals surface area contributed by atoms with E-state index in [0.717, 1.165) is 19.3 Å². The predicted octanol–water partition coefficient (Wildman–Crippen LogP) is 3.41. The van der Waals surface area contributed by atoms with E-state index in [0.29, 0.717) is 11.7 Å². The van der Waals surface area contributed by atoms with Crippen LogP contribution in [0.3, 0.4) is 0 Å². The van der Waals surface area contributed by atoms with Crippen molar-refractivity contribution in [2.75, 3.05) is 5.75 Å². The summed E-state index contributed by atoms with van der Waals surface area (Å²) in [5.74, 6) is 1.19. The van der Waals surface area contributed by atoms with Crippen molar-refractivity contribution in [1.82, 2.24) is 0 Å². The maximum Gasteiger partial charge on any atom is 0.0470 e. The smallest absolute Gasteiger partial charge is 0.0470 e. The van der Waals surface area contributed by atoms with Gasteiger partial charge in [0.2, 0.25) is 0 Å². The minimum absolute atomic E-state index is 0.204. The Morgan fingerprint density at radius 2 is 1.86 bits per heavy atom. The standard InChI is InChI=1S/C11H23NOS/c1-10(2)8-9-14(12,13)11-6-4-3-5-7-11/h10-12H,3-9H2,1-2H3/t14-/m1/s1. The Morgan fingerprint density at radius 3 is 2.36 bits per heavy atom. The van der Waals surface area contributed by atoms with Crippen molar-refractivity contribution < 1.29 is 4.21 Å². The van der Waals surface area contributed by atoms with Crippen LogP contribution in [-0.4, -0.2) is 15.2 Å². The molecule has 0 saturated heterocycles. The molecule has 0 radical (unpaired) electrons. The average molecular weight is 217 g/mol. The summed E-state index contributed by atoms with van der Waals surface area (Å²) in [6.07, 6.45) is 6.64. The molecule has 0 unspecified atom stereocenters. The molecule has 0 amide bonds. The Kier molecular flexibility index (Phi) is 4.42. The third-order valence-electron chi connectivity index (χ3n) is 3.09. The van der Waals surface area contributed by atoms with E-state index in [1.807, 2.05) is 0 Å². The minimum Gasteiger partial charge on any atom is -0.253 e. The summed E-state index contributed by atoms with van der Waals surface area (Å²) < 4.78 is 20.1. The predicted molar refractivity (Wildman–Crippen MR) is 62.1 cm³/mol. The molecule has 0 spiro atoms. The van der Waals surface area contributed by atoms with Gasteiger partial charge in [-0.3, -0.25) is 4.78 Å². The third kappa shape index (κ3) is 3.60. The molecule has 14 heavy (non-hydrogen) atoms. The van der Waals surface area contributed by atoms with Crippen molar-refractivity contribution in [2.45, 2.75) is 57.6 Å². The van der Waals surface area contributed by atoms with E-state index >= 15 is 0 Å². The van der Waals surface area contributed by atoms with Gasteiger partial charge in [-0.1, -0.05) is 33.1 Å². The van der Waals surface area contributed by atoms with Crippen molar-refractivity contribution in [3.05, 3.63) is 0 Å². The molecule has 1 saturated carbocycles. The lowest BCUT2D eigenvalue weighted by molar-refractivity contribution is 0.499. The van der Waals surface area contributed by atoms with Crippen molar-refractivity contribution in [3.63, 3.8) is 0 Å². The first-order valence-corrected chi connectivity index (χ1v) is 7.56. The molecule has 1 fully saturated rings. The fourth-order valence-corrected chi connectivity index (χ4v) is 4.27. The third-order valence-corrected chi connectivity index (χ3v) is 5.48. The van der Waals surface area contributed by atoms with Crippen molar-refractivity contribution >= 4 is 9.73 Å². The molecule has 0 aromatic rings. The van der Waals surface area contributed by atoms with Gasteiger partial charge in [0, 0.05) is 20.7 Å². The summed E-state index contributed by atoms with van der Waals surface area (Å²) in [4.78, 5) is 0. The van der Waals surface area contributed by atoms with E-state index in [1.54, 1.807) is 0 Å². The van der Waals surface area contributed by atoms with Crippen LogP contribution in [0.1, 0.15) is 52.4 Å². The van der Waals surface area contributed by atoms with E-state index in [1.165, 1.54) is 19.3 Å². The van der Waals surface area contributed by atoms with Gasteiger partial charge in [0.25, 0.3) is 0 Å². The molecule has 1 aliphatic rings. The Bertz CT molecular complexity index is 250. The zero-order valence-electron chi connectivity index (χ0n) is 9.42. The summed E-state index contributed by atoms with van der Waals surface area (Å²) in [6.45, 7) is 4.27. The highest BCUT2D eigenvalue weighted by atomic mass is 32.2. The second-order valence-corrected chi connectivity index (χ2v) is 7.40. The molecule has 84 valence electrons. The van der Waals surface area contributed by atoms with Crippen LogP contribution in [0.2, 0.25) is 0 Å². The lowest BCUT2D eigenvalue weighted by atomic mass is 10.0. The summed E-state index contributed by atoms with van der Waals surface area (Å²) in [6, 6.07) is 0. The van der Waals surface area contributed by atoms with E-state index < -0.39 is 9.73 Å². The van der Waals surface area contributed by atoms with Gasteiger partial charge in [-0.2, -0.15) is 0 Å². The van der Waals surface area contributed by atoms with Crippen molar-refractivity contribution in [2.24, 2.45) is 5.92 Å². The van der Waals surface area contributed by atoms with Gasteiger partial charge >= 0.3 is 0 Å². The molecule has 2 nitrogen and oxygen atoms in total. The van der Waals surface area contributed by atoms with E-state index in [2.05, 4.69) is 13.8 Å². The molecule has 0 bridgehead atoms. The summed E-state index contributed by atoms with van der Waals surface area (Å²) in [7, 11) is -2.28. The minimum atomic E-state index is -2.28. The Hall–Kier alpha value is -0.0500. The number of hydrogen-bond donors (Lipinski definition) is 1. The average Bonchev–Trinajstić information content (AvgIpc) is 2.16. The van der Waals surface area contributed by atoms with Crippen LogP contribution in [0, 0.1) is 10.7 Å². The van der Waals surface area contributed by atoms with Crippen molar-refractivity contribution in [3.8, 4) is 0 Å². The number of hydrogen-bond acceptors (Lipinski definition) is 2. The lowest BCUT2D eigenvalue weighted by Gasteiger charge is -2.24. The first-order valence-electron chi connectivity index (χ1n) is 5.77. The Labute approximate surface area is 88.5 Å². The van der Waals surface area contributed by atoms with Gasteiger partial charge in [-0.05, 0) is 25.2 Å². The first kappa shape index (κ1) is 12.0. The van der Waals surface area contributed by atoms with E-state index in [9.17, 15) is 4.21 Å². The zero-order chi connectivity index (χ0) is 10.6. The van der Waals surface area contributed by atoms with Gasteiger partial charge in [-0.25, -0.2) is 4.21 Å². The van der Waals surface area contributed by atoms with Crippen LogP contribution in [-0.2, 0) is 9.73 Å². The maximum atomic E-state index is 12.1. The van der Waals surface area contributed by atoms with Gasteiger partial charge in [0.1, 0.15) is 0 Å². The summed E-state index contributed by atoms with van der Waals surface area (Å²) in [5.41, 5.74) is 0. The molecule has 1 N–H and O–H groups in total. The van der Waals surface area contributed by atoms with E-state index in [-0.39, 0.29) is 5.25 Å². The highest BCUT2D eigenvalue weighted by Crippen LogP contribution is 2.25. The molecule has 1 rings (SSSR count). The molecule has 1 aliphatic carbocycles. The van der Waals surface area contributed by atoms with Crippen molar-refractivity contribution in [1.29, 1.82) is 4.78 Å². The van der Waals surface area contributed by atoms with E-state index in [4.69, 9.17) is 4.78 Å².